The van der Waals surface area contributed by atoms with Gasteiger partial charge in [-0.05, 0) is 55.8 Å². The van der Waals surface area contributed by atoms with Gasteiger partial charge in [0.05, 0.1) is 10.9 Å². The van der Waals surface area contributed by atoms with Crippen molar-refractivity contribution >= 4 is 34.3 Å². The van der Waals surface area contributed by atoms with Crippen LogP contribution >= 0.6 is 11.6 Å². The van der Waals surface area contributed by atoms with E-state index in [2.05, 4.69) is 22.0 Å². The summed E-state index contributed by atoms with van der Waals surface area (Å²) in [5.41, 5.74) is 5.18. The van der Waals surface area contributed by atoms with Crippen molar-refractivity contribution in [2.75, 3.05) is 37.9 Å². The lowest BCUT2D eigenvalue weighted by Gasteiger charge is -2.37. The van der Waals surface area contributed by atoms with Gasteiger partial charge in [0.15, 0.2) is 11.5 Å². The van der Waals surface area contributed by atoms with Crippen LogP contribution in [0.5, 0.6) is 11.5 Å². The van der Waals surface area contributed by atoms with E-state index in [0.29, 0.717) is 57.7 Å². The van der Waals surface area contributed by atoms with Crippen molar-refractivity contribution < 1.29 is 18.8 Å². The maximum absolute atomic E-state index is 13.7. The molecule has 4 heterocycles. The third-order valence-electron chi connectivity index (χ3n) is 6.53. The third-order valence-corrected chi connectivity index (χ3v) is 6.76. The van der Waals surface area contributed by atoms with Gasteiger partial charge in [-0.1, -0.05) is 22.8 Å². The molecule has 0 bridgehead atoms. The number of rotatable bonds is 3. The zero-order valence-electron chi connectivity index (χ0n) is 19.4. The highest BCUT2D eigenvalue weighted by Crippen LogP contribution is 2.38. The molecule has 1 saturated heterocycles. The molecule has 2 aliphatic heterocycles. The number of pyridine rings is 1. The molecule has 2 aromatic carbocycles. The number of piperazine rings is 1. The van der Waals surface area contributed by atoms with E-state index in [1.165, 1.54) is 5.56 Å². The smallest absolute Gasteiger partial charge is 0.259 e. The molecule has 1 fully saturated rings. The average Bonchev–Trinajstić information content (AvgIpc) is 3.51. The van der Waals surface area contributed by atoms with Gasteiger partial charge in [-0.15, -0.1) is 0 Å². The number of nitrogens with zero attached hydrogens (tertiary/aromatic N) is 4. The fourth-order valence-corrected chi connectivity index (χ4v) is 4.89. The Morgan fingerprint density at radius 1 is 0.971 bits per heavy atom. The number of carbonyl (C=O) groups is 1. The van der Waals surface area contributed by atoms with Crippen molar-refractivity contribution in [1.82, 2.24) is 15.0 Å². The summed E-state index contributed by atoms with van der Waals surface area (Å²) in [6, 6.07) is 13.3. The quantitative estimate of drug-likeness (QED) is 0.406. The first-order chi connectivity index (χ1) is 17.0. The van der Waals surface area contributed by atoms with Gasteiger partial charge in [0.25, 0.3) is 11.6 Å². The minimum absolute atomic E-state index is 0.0619. The van der Waals surface area contributed by atoms with Crippen molar-refractivity contribution in [3.63, 3.8) is 0 Å². The van der Waals surface area contributed by atoms with Crippen LogP contribution in [0.1, 0.15) is 21.6 Å². The molecule has 2 aromatic heterocycles. The highest BCUT2D eigenvalue weighted by Gasteiger charge is 2.28. The van der Waals surface area contributed by atoms with Crippen molar-refractivity contribution in [2.45, 2.75) is 13.8 Å². The Hall–Kier alpha value is -3.78. The largest absolute Gasteiger partial charge is 0.454 e. The third kappa shape index (κ3) is 3.83. The molecule has 178 valence electrons. The number of halogens is 1. The standard InChI is InChI=1S/C26H23ClN4O4/c1-15-3-5-18(27)13-20(15)30-7-9-31(10-8-30)26(32)19-11-16(2)28-25-23(19)24(29-35-25)17-4-6-21-22(12-17)34-14-33-21/h3-6,11-13H,7-10,14H2,1-2H3. The number of hydrogen-bond donors (Lipinski definition) is 0. The molecular weight excluding hydrogens is 468 g/mol. The number of hydrogen-bond acceptors (Lipinski definition) is 7. The number of amides is 1. The fourth-order valence-electron chi connectivity index (χ4n) is 4.73. The van der Waals surface area contributed by atoms with Gasteiger partial charge in [-0.3, -0.25) is 4.79 Å². The van der Waals surface area contributed by atoms with Crippen molar-refractivity contribution in [3.8, 4) is 22.8 Å². The fraction of sp³-hybridized carbons (Fsp3) is 0.269. The lowest BCUT2D eigenvalue weighted by molar-refractivity contribution is 0.0748. The predicted molar refractivity (Wildman–Crippen MR) is 132 cm³/mol. The number of aryl methyl sites for hydroxylation is 2. The first-order valence-corrected chi connectivity index (χ1v) is 11.8. The van der Waals surface area contributed by atoms with E-state index in [1.54, 1.807) is 0 Å². The number of benzene rings is 2. The molecule has 1 amide bonds. The Morgan fingerprint density at radius 3 is 2.60 bits per heavy atom. The van der Waals surface area contributed by atoms with Crippen LogP contribution in [0, 0.1) is 13.8 Å². The molecule has 0 spiro atoms. The van der Waals surface area contributed by atoms with Gasteiger partial charge in [0.2, 0.25) is 6.79 Å². The molecule has 0 radical (unpaired) electrons. The Kier molecular flexibility index (Phi) is 5.25. The maximum Gasteiger partial charge on any atom is 0.259 e. The molecule has 6 rings (SSSR count). The molecule has 4 aromatic rings. The van der Waals surface area contributed by atoms with E-state index in [9.17, 15) is 4.79 Å². The van der Waals surface area contributed by atoms with Gasteiger partial charge in [0, 0.05) is 48.1 Å². The first-order valence-electron chi connectivity index (χ1n) is 11.5. The van der Waals surface area contributed by atoms with Crippen LogP contribution in [0.25, 0.3) is 22.4 Å². The summed E-state index contributed by atoms with van der Waals surface area (Å²) >= 11 is 6.22. The SMILES string of the molecule is Cc1cc(C(=O)N2CCN(c3cc(Cl)ccc3C)CC2)c2c(-c3ccc4c(c3)OCO4)noc2n1. The Labute approximate surface area is 207 Å². The summed E-state index contributed by atoms with van der Waals surface area (Å²) in [6.07, 6.45) is 0. The Balaban J connectivity index is 1.31. The lowest BCUT2D eigenvalue weighted by Crippen LogP contribution is -2.49. The number of aromatic nitrogens is 2. The Morgan fingerprint density at radius 2 is 1.77 bits per heavy atom. The molecule has 9 heteroatoms. The zero-order chi connectivity index (χ0) is 24.1. The van der Waals surface area contributed by atoms with E-state index in [-0.39, 0.29) is 12.7 Å². The molecule has 0 N–H and O–H groups in total. The number of fused-ring (bicyclic) bond motifs is 2. The maximum atomic E-state index is 13.7. The topological polar surface area (TPSA) is 80.9 Å². The summed E-state index contributed by atoms with van der Waals surface area (Å²) in [4.78, 5) is 22.4. The van der Waals surface area contributed by atoms with Crippen LogP contribution in [0.4, 0.5) is 5.69 Å². The van der Waals surface area contributed by atoms with E-state index in [4.69, 9.17) is 25.6 Å². The molecule has 0 aliphatic carbocycles. The number of ether oxygens (including phenoxy) is 2. The van der Waals surface area contributed by atoms with Crippen LogP contribution in [-0.4, -0.2) is 53.9 Å². The number of carbonyl (C=O) groups excluding carboxylic acids is 1. The number of anilines is 1. The molecule has 8 nitrogen and oxygen atoms in total. The van der Waals surface area contributed by atoms with E-state index in [1.807, 2.05) is 54.3 Å². The first kappa shape index (κ1) is 21.7. The van der Waals surface area contributed by atoms with E-state index < -0.39 is 0 Å². The Bertz CT molecular complexity index is 1460. The second-order valence-electron chi connectivity index (χ2n) is 8.80. The van der Waals surface area contributed by atoms with E-state index >= 15 is 0 Å². The van der Waals surface area contributed by atoms with Crippen LogP contribution in [0.15, 0.2) is 47.0 Å². The highest BCUT2D eigenvalue weighted by molar-refractivity contribution is 6.30. The summed E-state index contributed by atoms with van der Waals surface area (Å²) in [5, 5.41) is 5.58. The zero-order valence-corrected chi connectivity index (χ0v) is 20.1. The van der Waals surface area contributed by atoms with Crippen molar-refractivity contribution in [3.05, 3.63) is 64.3 Å². The minimum atomic E-state index is -0.0619. The second-order valence-corrected chi connectivity index (χ2v) is 9.24. The van der Waals surface area contributed by atoms with Gasteiger partial charge in [0.1, 0.15) is 5.69 Å². The normalized spacial score (nSPS) is 15.2. The van der Waals surface area contributed by atoms with Crippen LogP contribution < -0.4 is 14.4 Å². The monoisotopic (exact) mass is 490 g/mol. The molecule has 0 atom stereocenters. The highest BCUT2D eigenvalue weighted by atomic mass is 35.5. The predicted octanol–water partition coefficient (Wildman–Crippen LogP) is 4.85. The van der Waals surface area contributed by atoms with Crippen molar-refractivity contribution in [1.29, 1.82) is 0 Å². The summed E-state index contributed by atoms with van der Waals surface area (Å²) in [6.45, 7) is 6.74. The minimum Gasteiger partial charge on any atom is -0.454 e. The summed E-state index contributed by atoms with van der Waals surface area (Å²) in [5.74, 6) is 1.26. The van der Waals surface area contributed by atoms with Crippen LogP contribution in [0.3, 0.4) is 0 Å². The summed E-state index contributed by atoms with van der Waals surface area (Å²) < 4.78 is 16.5. The van der Waals surface area contributed by atoms with Crippen LogP contribution in [-0.2, 0) is 0 Å². The van der Waals surface area contributed by atoms with Crippen molar-refractivity contribution in [2.24, 2.45) is 0 Å². The molecule has 2 aliphatic rings. The van der Waals surface area contributed by atoms with E-state index in [0.717, 1.165) is 24.3 Å². The summed E-state index contributed by atoms with van der Waals surface area (Å²) in [7, 11) is 0. The van der Waals surface area contributed by atoms with Gasteiger partial charge in [-0.25, -0.2) is 4.98 Å². The van der Waals surface area contributed by atoms with Gasteiger partial charge in [-0.2, -0.15) is 0 Å². The molecule has 0 saturated carbocycles. The second kappa shape index (κ2) is 8.46. The van der Waals surface area contributed by atoms with Crippen LogP contribution in [0.2, 0.25) is 5.02 Å². The van der Waals surface area contributed by atoms with Gasteiger partial charge < -0.3 is 23.8 Å². The molecular formula is C26H23ClN4O4. The lowest BCUT2D eigenvalue weighted by atomic mass is 10.0. The average molecular weight is 491 g/mol. The molecule has 35 heavy (non-hydrogen) atoms. The van der Waals surface area contributed by atoms with Gasteiger partial charge >= 0.3 is 0 Å². The molecule has 0 unspecified atom stereocenters.